The Kier molecular flexibility index (Phi) is 7.78. The number of thioether (sulfide) groups is 1. The van der Waals surface area contributed by atoms with Gasteiger partial charge in [-0.05, 0) is 37.5 Å². The average molecular weight is 465 g/mol. The summed E-state index contributed by atoms with van der Waals surface area (Å²) >= 11 is 1.20. The molecule has 0 aliphatic heterocycles. The molecular formula is C25H28N4O3S. The fraction of sp³-hybridized carbons (Fsp3) is 0.360. The number of carbonyl (C=O) groups excluding carboxylic acids is 2. The highest BCUT2D eigenvalue weighted by atomic mass is 32.2. The van der Waals surface area contributed by atoms with Crippen molar-refractivity contribution in [3.8, 4) is 0 Å². The summed E-state index contributed by atoms with van der Waals surface area (Å²) in [6.45, 7) is 1.93. The number of hydrogen-bond acceptors (Lipinski definition) is 6. The molecule has 0 saturated heterocycles. The number of carbonyl (C=O) groups is 2. The van der Waals surface area contributed by atoms with Crippen LogP contribution in [0.15, 0.2) is 64.2 Å². The van der Waals surface area contributed by atoms with Crippen molar-refractivity contribution in [3.05, 3.63) is 71.6 Å². The van der Waals surface area contributed by atoms with Gasteiger partial charge in [-0.25, -0.2) is 0 Å². The highest BCUT2D eigenvalue weighted by Crippen LogP contribution is 2.33. The lowest BCUT2D eigenvalue weighted by Crippen LogP contribution is -2.28. The molecule has 3 aromatic rings. The summed E-state index contributed by atoms with van der Waals surface area (Å²) < 4.78 is 5.77. The van der Waals surface area contributed by atoms with Crippen LogP contribution < -0.4 is 10.6 Å². The van der Waals surface area contributed by atoms with Crippen LogP contribution in [0.5, 0.6) is 0 Å². The van der Waals surface area contributed by atoms with Gasteiger partial charge in [-0.2, -0.15) is 0 Å². The highest BCUT2D eigenvalue weighted by Gasteiger charge is 2.22. The summed E-state index contributed by atoms with van der Waals surface area (Å²) in [4.78, 5) is 25.4. The maximum absolute atomic E-state index is 12.9. The molecule has 1 atom stereocenters. The molecule has 0 radical (unpaired) electrons. The minimum Gasteiger partial charge on any atom is -0.416 e. The van der Waals surface area contributed by atoms with Gasteiger partial charge in [-0.1, -0.05) is 73.5 Å². The van der Waals surface area contributed by atoms with Crippen molar-refractivity contribution in [1.82, 2.24) is 15.5 Å². The molecule has 1 aromatic heterocycles. The second-order valence-electron chi connectivity index (χ2n) is 8.23. The van der Waals surface area contributed by atoms with Crippen molar-refractivity contribution in [2.24, 2.45) is 0 Å². The van der Waals surface area contributed by atoms with Gasteiger partial charge >= 0.3 is 0 Å². The third kappa shape index (κ3) is 6.22. The Morgan fingerprint density at radius 3 is 2.55 bits per heavy atom. The zero-order chi connectivity index (χ0) is 23.0. The minimum absolute atomic E-state index is 0.114. The van der Waals surface area contributed by atoms with Crippen LogP contribution in [0.1, 0.15) is 72.8 Å². The van der Waals surface area contributed by atoms with Crippen LogP contribution in [0.3, 0.4) is 0 Å². The van der Waals surface area contributed by atoms with E-state index in [1.54, 1.807) is 24.3 Å². The first-order chi connectivity index (χ1) is 16.1. The van der Waals surface area contributed by atoms with E-state index in [4.69, 9.17) is 4.42 Å². The van der Waals surface area contributed by atoms with Crippen LogP contribution in [0.25, 0.3) is 0 Å². The number of nitrogens with zero attached hydrogens (tertiary/aromatic N) is 2. The third-order valence-electron chi connectivity index (χ3n) is 5.80. The monoisotopic (exact) mass is 464 g/mol. The van der Waals surface area contributed by atoms with Gasteiger partial charge < -0.3 is 15.1 Å². The fourth-order valence-corrected chi connectivity index (χ4v) is 4.57. The van der Waals surface area contributed by atoms with E-state index in [2.05, 4.69) is 20.8 Å². The van der Waals surface area contributed by atoms with Crippen LogP contribution in [0, 0.1) is 0 Å². The quantitative estimate of drug-likeness (QED) is 0.437. The molecule has 1 aliphatic carbocycles. The molecule has 33 heavy (non-hydrogen) atoms. The SMILES string of the molecule is C[C@H](NC(=O)c1ccccc1NC(=O)CSc1nnc(C2CCCCC2)o1)c1ccccc1. The van der Waals surface area contributed by atoms with Gasteiger partial charge in [0.1, 0.15) is 0 Å². The van der Waals surface area contributed by atoms with Gasteiger partial charge in [0.25, 0.3) is 11.1 Å². The topological polar surface area (TPSA) is 97.1 Å². The lowest BCUT2D eigenvalue weighted by Gasteiger charge is -2.17. The van der Waals surface area contributed by atoms with E-state index >= 15 is 0 Å². The summed E-state index contributed by atoms with van der Waals surface area (Å²) in [5, 5.41) is 14.5. The molecule has 0 spiro atoms. The van der Waals surface area contributed by atoms with E-state index in [9.17, 15) is 9.59 Å². The number of amides is 2. The summed E-state index contributed by atoms with van der Waals surface area (Å²) in [5.74, 6) is 0.630. The number of nitrogens with one attached hydrogen (secondary N) is 2. The van der Waals surface area contributed by atoms with Gasteiger partial charge in [-0.3, -0.25) is 9.59 Å². The maximum atomic E-state index is 12.9. The number of anilines is 1. The molecule has 1 saturated carbocycles. The standard InChI is InChI=1S/C25H28N4O3S/c1-17(18-10-4-2-5-11-18)26-23(31)20-14-8-9-15-21(20)27-22(30)16-33-25-29-28-24(32-25)19-12-6-3-7-13-19/h2,4-5,8-11,14-15,17,19H,3,6-7,12-13,16H2,1H3,(H,26,31)(H,27,30)/t17-/m0/s1. The molecule has 172 valence electrons. The molecule has 0 unspecified atom stereocenters. The predicted molar refractivity (Wildman–Crippen MR) is 128 cm³/mol. The van der Waals surface area contributed by atoms with Crippen LogP contribution in [-0.4, -0.2) is 27.8 Å². The molecule has 7 nitrogen and oxygen atoms in total. The Morgan fingerprint density at radius 2 is 1.76 bits per heavy atom. The molecule has 2 aromatic carbocycles. The normalized spacial score (nSPS) is 15.1. The van der Waals surface area contributed by atoms with E-state index in [1.807, 2.05) is 37.3 Å². The Bertz CT molecular complexity index is 1080. The van der Waals surface area contributed by atoms with E-state index in [-0.39, 0.29) is 23.6 Å². The number of benzene rings is 2. The third-order valence-corrected chi connectivity index (χ3v) is 6.61. The zero-order valence-corrected chi connectivity index (χ0v) is 19.4. The van der Waals surface area contributed by atoms with Gasteiger partial charge in [0.15, 0.2) is 0 Å². The molecule has 0 bridgehead atoms. The molecule has 2 N–H and O–H groups in total. The van der Waals surface area contributed by atoms with E-state index < -0.39 is 0 Å². The number of aromatic nitrogens is 2. The zero-order valence-electron chi connectivity index (χ0n) is 18.6. The first-order valence-corrected chi connectivity index (χ1v) is 12.3. The Morgan fingerprint density at radius 1 is 1.03 bits per heavy atom. The van der Waals surface area contributed by atoms with Gasteiger partial charge in [0.05, 0.1) is 23.0 Å². The van der Waals surface area contributed by atoms with Crippen molar-refractivity contribution in [2.75, 3.05) is 11.1 Å². The Labute approximate surface area is 197 Å². The summed E-state index contributed by atoms with van der Waals surface area (Å²) in [5.41, 5.74) is 1.89. The summed E-state index contributed by atoms with van der Waals surface area (Å²) in [7, 11) is 0. The molecule has 8 heteroatoms. The molecule has 1 aliphatic rings. The maximum Gasteiger partial charge on any atom is 0.277 e. The van der Waals surface area contributed by atoms with Gasteiger partial charge in [0.2, 0.25) is 11.8 Å². The average Bonchev–Trinajstić information content (AvgIpc) is 3.33. The van der Waals surface area contributed by atoms with Crippen LogP contribution in [0.2, 0.25) is 0 Å². The fourth-order valence-electron chi connectivity index (χ4n) is 4.00. The van der Waals surface area contributed by atoms with E-state index in [0.29, 0.717) is 28.3 Å². The van der Waals surface area contributed by atoms with E-state index in [0.717, 1.165) is 18.4 Å². The van der Waals surface area contributed by atoms with Crippen molar-refractivity contribution in [1.29, 1.82) is 0 Å². The molecular weight excluding hydrogens is 436 g/mol. The second kappa shape index (κ2) is 11.1. The smallest absolute Gasteiger partial charge is 0.277 e. The van der Waals surface area contributed by atoms with Crippen LogP contribution in [0.4, 0.5) is 5.69 Å². The first-order valence-electron chi connectivity index (χ1n) is 11.3. The second-order valence-corrected chi connectivity index (χ2v) is 9.16. The number of rotatable bonds is 8. The molecule has 1 heterocycles. The summed E-state index contributed by atoms with van der Waals surface area (Å²) in [6, 6.07) is 16.6. The largest absolute Gasteiger partial charge is 0.416 e. The Balaban J connectivity index is 1.33. The van der Waals surface area contributed by atoms with Crippen LogP contribution in [-0.2, 0) is 4.79 Å². The van der Waals surface area contributed by atoms with Gasteiger partial charge in [0, 0.05) is 5.92 Å². The van der Waals surface area contributed by atoms with Crippen molar-refractivity contribution >= 4 is 29.3 Å². The van der Waals surface area contributed by atoms with Crippen molar-refractivity contribution < 1.29 is 14.0 Å². The minimum atomic E-state index is -0.246. The van der Waals surface area contributed by atoms with Crippen molar-refractivity contribution in [2.45, 2.75) is 56.2 Å². The first kappa shape index (κ1) is 23.0. The Hall–Kier alpha value is -3.13. The number of para-hydroxylation sites is 1. The van der Waals surface area contributed by atoms with Crippen LogP contribution >= 0.6 is 11.8 Å². The van der Waals surface area contributed by atoms with E-state index in [1.165, 1.54) is 31.0 Å². The lowest BCUT2D eigenvalue weighted by atomic mass is 9.89. The van der Waals surface area contributed by atoms with Crippen molar-refractivity contribution in [3.63, 3.8) is 0 Å². The lowest BCUT2D eigenvalue weighted by molar-refractivity contribution is -0.113. The summed E-state index contributed by atoms with van der Waals surface area (Å²) in [6.07, 6.45) is 5.80. The predicted octanol–water partition coefficient (Wildman–Crippen LogP) is 5.34. The number of hydrogen-bond donors (Lipinski definition) is 2. The van der Waals surface area contributed by atoms with Gasteiger partial charge in [-0.15, -0.1) is 10.2 Å². The molecule has 2 amide bonds. The molecule has 4 rings (SSSR count). The highest BCUT2D eigenvalue weighted by molar-refractivity contribution is 7.99. The molecule has 1 fully saturated rings.